The third kappa shape index (κ3) is 2.85. The van der Waals surface area contributed by atoms with E-state index in [0.717, 1.165) is 5.56 Å². The maximum Gasteiger partial charge on any atom is 0.255 e. The minimum atomic E-state index is -0.346. The van der Waals surface area contributed by atoms with Gasteiger partial charge in [0.2, 0.25) is 0 Å². The quantitative estimate of drug-likeness (QED) is 0.583. The van der Waals surface area contributed by atoms with Crippen LogP contribution in [0, 0.1) is 0 Å². The number of hydrogen-bond acceptors (Lipinski definition) is 3. The van der Waals surface area contributed by atoms with Gasteiger partial charge in [-0.05, 0) is 24.6 Å². The van der Waals surface area contributed by atoms with Crippen LogP contribution in [-0.2, 0) is 0 Å². The summed E-state index contributed by atoms with van der Waals surface area (Å²) in [7, 11) is 0. The molecule has 0 heterocycles. The molecule has 4 nitrogen and oxygen atoms in total. The predicted molar refractivity (Wildman–Crippen MR) is 74.8 cm³/mol. The van der Waals surface area contributed by atoms with Crippen LogP contribution in [0.3, 0.4) is 0 Å². The minimum absolute atomic E-state index is 0.144. The SMILES string of the molecule is C[C@@H](NC(=O)c1cccc(N)c1O)c1ccccc1. The van der Waals surface area contributed by atoms with Crippen LogP contribution in [0.15, 0.2) is 48.5 Å². The molecule has 2 rings (SSSR count). The summed E-state index contributed by atoms with van der Waals surface area (Å²) in [5, 5.41) is 12.6. The van der Waals surface area contributed by atoms with Gasteiger partial charge in [-0.25, -0.2) is 0 Å². The van der Waals surface area contributed by atoms with Gasteiger partial charge >= 0.3 is 0 Å². The number of carbonyl (C=O) groups excluding carboxylic acids is 1. The summed E-state index contributed by atoms with van der Waals surface area (Å²) in [5.74, 6) is -0.526. The highest BCUT2D eigenvalue weighted by atomic mass is 16.3. The summed E-state index contributed by atoms with van der Waals surface area (Å²) in [4.78, 5) is 12.1. The van der Waals surface area contributed by atoms with Crippen LogP contribution in [0.2, 0.25) is 0 Å². The topological polar surface area (TPSA) is 75.4 Å². The molecule has 0 bridgehead atoms. The van der Waals surface area contributed by atoms with Crippen LogP contribution < -0.4 is 11.1 Å². The van der Waals surface area contributed by atoms with Gasteiger partial charge in [-0.2, -0.15) is 0 Å². The minimum Gasteiger partial charge on any atom is -0.505 e. The number of hydrogen-bond donors (Lipinski definition) is 3. The molecule has 0 fully saturated rings. The lowest BCUT2D eigenvalue weighted by atomic mass is 10.1. The van der Waals surface area contributed by atoms with Gasteiger partial charge in [-0.3, -0.25) is 4.79 Å². The number of para-hydroxylation sites is 1. The number of benzene rings is 2. The van der Waals surface area contributed by atoms with Gasteiger partial charge in [0.15, 0.2) is 5.75 Å². The van der Waals surface area contributed by atoms with Crippen LogP contribution in [0.1, 0.15) is 28.9 Å². The fourth-order valence-corrected chi connectivity index (χ4v) is 1.84. The normalized spacial score (nSPS) is 11.8. The van der Waals surface area contributed by atoms with Crippen molar-refractivity contribution in [2.45, 2.75) is 13.0 Å². The van der Waals surface area contributed by atoms with E-state index in [1.807, 2.05) is 37.3 Å². The second kappa shape index (κ2) is 5.44. The fourth-order valence-electron chi connectivity index (χ4n) is 1.84. The summed E-state index contributed by atoms with van der Waals surface area (Å²) in [5.41, 5.74) is 6.95. The van der Waals surface area contributed by atoms with Crippen molar-refractivity contribution in [1.29, 1.82) is 0 Å². The van der Waals surface area contributed by atoms with E-state index in [1.165, 1.54) is 0 Å². The number of aromatic hydroxyl groups is 1. The van der Waals surface area contributed by atoms with Gasteiger partial charge in [0.1, 0.15) is 0 Å². The van der Waals surface area contributed by atoms with Crippen LogP contribution >= 0.6 is 0 Å². The van der Waals surface area contributed by atoms with E-state index in [4.69, 9.17) is 5.73 Å². The molecule has 0 radical (unpaired) electrons. The lowest BCUT2D eigenvalue weighted by molar-refractivity contribution is 0.0937. The molecule has 0 saturated heterocycles. The van der Waals surface area contributed by atoms with Crippen molar-refractivity contribution in [2.75, 3.05) is 5.73 Å². The zero-order chi connectivity index (χ0) is 13.8. The van der Waals surface area contributed by atoms with Crippen LogP contribution in [0.4, 0.5) is 5.69 Å². The van der Waals surface area contributed by atoms with Gasteiger partial charge in [0.05, 0.1) is 17.3 Å². The van der Waals surface area contributed by atoms with Crippen molar-refractivity contribution in [3.05, 3.63) is 59.7 Å². The molecule has 0 aromatic heterocycles. The van der Waals surface area contributed by atoms with Gasteiger partial charge in [-0.1, -0.05) is 36.4 Å². The smallest absolute Gasteiger partial charge is 0.255 e. The van der Waals surface area contributed by atoms with Crippen molar-refractivity contribution in [3.63, 3.8) is 0 Å². The van der Waals surface area contributed by atoms with Gasteiger partial charge in [-0.15, -0.1) is 0 Å². The van der Waals surface area contributed by atoms with E-state index >= 15 is 0 Å². The number of phenols is 1. The Kier molecular flexibility index (Phi) is 3.71. The first-order valence-corrected chi connectivity index (χ1v) is 6.03. The first-order chi connectivity index (χ1) is 9.09. The molecule has 1 atom stereocenters. The second-order valence-corrected chi connectivity index (χ2v) is 4.35. The monoisotopic (exact) mass is 256 g/mol. The Morgan fingerprint density at radius 2 is 1.84 bits per heavy atom. The average molecular weight is 256 g/mol. The van der Waals surface area contributed by atoms with Crippen LogP contribution in [-0.4, -0.2) is 11.0 Å². The lowest BCUT2D eigenvalue weighted by Gasteiger charge is -2.15. The van der Waals surface area contributed by atoms with Crippen molar-refractivity contribution in [1.82, 2.24) is 5.32 Å². The number of phenolic OH excluding ortho intramolecular Hbond substituents is 1. The summed E-state index contributed by atoms with van der Waals surface area (Å²) in [6, 6.07) is 14.2. The summed E-state index contributed by atoms with van der Waals surface area (Å²) < 4.78 is 0. The molecule has 0 aliphatic rings. The molecule has 0 saturated carbocycles. The Labute approximate surface area is 111 Å². The maximum absolute atomic E-state index is 12.1. The van der Waals surface area contributed by atoms with Gasteiger partial charge < -0.3 is 16.2 Å². The van der Waals surface area contributed by atoms with Crippen molar-refractivity contribution >= 4 is 11.6 Å². The maximum atomic E-state index is 12.1. The van der Waals surface area contributed by atoms with E-state index in [0.29, 0.717) is 0 Å². The summed E-state index contributed by atoms with van der Waals surface area (Å²) in [6.07, 6.45) is 0. The van der Waals surface area contributed by atoms with Crippen LogP contribution in [0.5, 0.6) is 5.75 Å². The number of nitrogens with two attached hydrogens (primary N) is 1. The molecule has 0 spiro atoms. The second-order valence-electron chi connectivity index (χ2n) is 4.35. The number of anilines is 1. The van der Waals surface area contributed by atoms with Crippen molar-refractivity contribution < 1.29 is 9.90 Å². The Morgan fingerprint density at radius 3 is 2.53 bits per heavy atom. The molecule has 98 valence electrons. The first-order valence-electron chi connectivity index (χ1n) is 6.03. The number of nitrogens with one attached hydrogen (secondary N) is 1. The Morgan fingerprint density at radius 1 is 1.16 bits per heavy atom. The molecule has 19 heavy (non-hydrogen) atoms. The molecule has 0 aliphatic heterocycles. The highest BCUT2D eigenvalue weighted by Crippen LogP contribution is 2.25. The van der Waals surface area contributed by atoms with Crippen molar-refractivity contribution in [3.8, 4) is 5.75 Å². The van der Waals surface area contributed by atoms with Gasteiger partial charge in [0, 0.05) is 0 Å². The van der Waals surface area contributed by atoms with E-state index in [9.17, 15) is 9.90 Å². The summed E-state index contributed by atoms with van der Waals surface area (Å²) >= 11 is 0. The molecule has 2 aromatic carbocycles. The zero-order valence-corrected chi connectivity index (χ0v) is 10.6. The molecule has 4 N–H and O–H groups in total. The van der Waals surface area contributed by atoms with E-state index in [2.05, 4.69) is 5.32 Å². The standard InChI is InChI=1S/C15H16N2O2/c1-10(11-6-3-2-4-7-11)17-15(19)12-8-5-9-13(16)14(12)18/h2-10,18H,16H2,1H3,(H,17,19)/t10-/m1/s1. The van der Waals surface area contributed by atoms with E-state index in [-0.39, 0.29) is 28.9 Å². The Hall–Kier alpha value is -2.49. The number of carbonyl (C=O) groups is 1. The molecule has 1 amide bonds. The third-order valence-corrected chi connectivity index (χ3v) is 2.96. The average Bonchev–Trinajstić information content (AvgIpc) is 2.42. The highest BCUT2D eigenvalue weighted by molar-refractivity contribution is 5.98. The van der Waals surface area contributed by atoms with E-state index in [1.54, 1.807) is 18.2 Å². The molecule has 0 aliphatic carbocycles. The number of rotatable bonds is 3. The van der Waals surface area contributed by atoms with Crippen molar-refractivity contribution in [2.24, 2.45) is 0 Å². The summed E-state index contributed by atoms with van der Waals surface area (Å²) in [6.45, 7) is 1.89. The fraction of sp³-hybridized carbons (Fsp3) is 0.133. The highest BCUT2D eigenvalue weighted by Gasteiger charge is 2.15. The number of amides is 1. The number of nitrogen functional groups attached to an aromatic ring is 1. The predicted octanol–water partition coefficient (Wildman–Crippen LogP) is 2.47. The van der Waals surface area contributed by atoms with Gasteiger partial charge in [0.25, 0.3) is 5.91 Å². The van der Waals surface area contributed by atoms with Crippen LogP contribution in [0.25, 0.3) is 0 Å². The third-order valence-electron chi connectivity index (χ3n) is 2.96. The molecular weight excluding hydrogens is 240 g/mol. The van der Waals surface area contributed by atoms with E-state index < -0.39 is 0 Å². The largest absolute Gasteiger partial charge is 0.505 e. The molecule has 0 unspecified atom stereocenters. The first kappa shape index (κ1) is 13.0. The molecule has 4 heteroatoms. The Balaban J connectivity index is 2.16. The molecule has 2 aromatic rings. The zero-order valence-electron chi connectivity index (χ0n) is 10.6. The lowest BCUT2D eigenvalue weighted by Crippen LogP contribution is -2.26. The molecular formula is C15H16N2O2. The Bertz CT molecular complexity index is 582.